The highest BCUT2D eigenvalue weighted by atomic mass is 16.5. The van der Waals surface area contributed by atoms with Gasteiger partial charge in [0.1, 0.15) is 6.26 Å². The average Bonchev–Trinajstić information content (AvgIpc) is 3.27. The van der Waals surface area contributed by atoms with Gasteiger partial charge in [-0.2, -0.15) is 0 Å². The van der Waals surface area contributed by atoms with E-state index in [0.29, 0.717) is 12.1 Å². The number of hydrogen-bond acceptors (Lipinski definition) is 6. The lowest BCUT2D eigenvalue weighted by atomic mass is 10.1. The summed E-state index contributed by atoms with van der Waals surface area (Å²) >= 11 is 0. The van der Waals surface area contributed by atoms with E-state index in [1.807, 2.05) is 18.2 Å². The van der Waals surface area contributed by atoms with Crippen LogP contribution < -0.4 is 16.4 Å². The summed E-state index contributed by atoms with van der Waals surface area (Å²) in [6.07, 6.45) is 1.59. The Kier molecular flexibility index (Phi) is 7.39. The maximum Gasteiger partial charge on any atom is 0.251 e. The van der Waals surface area contributed by atoms with E-state index in [9.17, 15) is 9.59 Å². The van der Waals surface area contributed by atoms with Crippen LogP contribution in [0.2, 0.25) is 0 Å². The van der Waals surface area contributed by atoms with Crippen molar-refractivity contribution in [1.82, 2.24) is 25.6 Å². The van der Waals surface area contributed by atoms with E-state index in [1.165, 1.54) is 0 Å². The second-order valence-corrected chi connectivity index (χ2v) is 7.00. The highest BCUT2D eigenvalue weighted by Gasteiger charge is 2.20. The summed E-state index contributed by atoms with van der Waals surface area (Å²) in [4.78, 5) is 31.6. The first-order valence-electron chi connectivity index (χ1n) is 9.78. The smallest absolute Gasteiger partial charge is 0.251 e. The lowest BCUT2D eigenvalue weighted by Gasteiger charge is -2.36. The number of benzene rings is 1. The maximum absolute atomic E-state index is 11.9. The number of aromatic nitrogens is 1. The van der Waals surface area contributed by atoms with Crippen LogP contribution in [0.15, 0.2) is 46.1 Å². The van der Waals surface area contributed by atoms with Crippen molar-refractivity contribution >= 4 is 17.8 Å². The van der Waals surface area contributed by atoms with Gasteiger partial charge in [0, 0.05) is 57.9 Å². The van der Waals surface area contributed by atoms with Crippen molar-refractivity contribution in [3.05, 3.63) is 53.4 Å². The van der Waals surface area contributed by atoms with Gasteiger partial charge in [-0.25, -0.2) is 0 Å². The normalized spacial score (nSPS) is 15.1. The van der Waals surface area contributed by atoms with Crippen molar-refractivity contribution in [2.45, 2.75) is 13.1 Å². The Morgan fingerprint density at radius 3 is 2.47 bits per heavy atom. The summed E-state index contributed by atoms with van der Waals surface area (Å²) in [5, 5.41) is 9.81. The van der Waals surface area contributed by atoms with Crippen LogP contribution in [0.5, 0.6) is 0 Å². The van der Waals surface area contributed by atoms with Crippen molar-refractivity contribution in [2.24, 2.45) is 10.7 Å². The van der Waals surface area contributed by atoms with Gasteiger partial charge in [0.2, 0.25) is 5.91 Å². The standard InChI is InChI=1S/C20H27N7O3/c1-22-20(27-9-7-26(8-10-27)14-17-6-11-30-25-17)24-12-15-2-4-16(5-3-15)19(29)23-13-18(21)28/h2-6,11H,7-10,12-14H2,1H3,(H2,21,28)(H,22,24)(H,23,29). The summed E-state index contributed by atoms with van der Waals surface area (Å²) < 4.78 is 4.89. The highest BCUT2D eigenvalue weighted by molar-refractivity contribution is 5.96. The summed E-state index contributed by atoms with van der Waals surface area (Å²) in [5.41, 5.74) is 7.48. The SMILES string of the molecule is CN=C(NCc1ccc(C(=O)NCC(N)=O)cc1)N1CCN(Cc2ccon2)CC1. The molecule has 2 aromatic rings. The molecule has 160 valence electrons. The van der Waals surface area contributed by atoms with E-state index in [-0.39, 0.29) is 12.5 Å². The fraction of sp³-hybridized carbons (Fsp3) is 0.400. The molecule has 2 heterocycles. The van der Waals surface area contributed by atoms with Crippen molar-refractivity contribution < 1.29 is 14.1 Å². The van der Waals surface area contributed by atoms with Crippen LogP contribution in [0, 0.1) is 0 Å². The lowest BCUT2D eigenvalue weighted by Crippen LogP contribution is -2.52. The van der Waals surface area contributed by atoms with Gasteiger partial charge in [0.25, 0.3) is 5.91 Å². The molecule has 0 aliphatic carbocycles. The number of rotatable bonds is 7. The van der Waals surface area contributed by atoms with Gasteiger partial charge in [0.15, 0.2) is 5.96 Å². The largest absolute Gasteiger partial charge is 0.368 e. The first kappa shape index (κ1) is 21.3. The fourth-order valence-electron chi connectivity index (χ4n) is 3.22. The Labute approximate surface area is 175 Å². The van der Waals surface area contributed by atoms with Gasteiger partial charge in [0.05, 0.1) is 12.2 Å². The van der Waals surface area contributed by atoms with E-state index in [1.54, 1.807) is 25.4 Å². The molecule has 4 N–H and O–H groups in total. The number of nitrogens with two attached hydrogens (primary N) is 1. The molecule has 0 radical (unpaired) electrons. The van der Waals surface area contributed by atoms with Crippen LogP contribution >= 0.6 is 0 Å². The Morgan fingerprint density at radius 2 is 1.87 bits per heavy atom. The molecule has 1 aromatic carbocycles. The molecule has 0 bridgehead atoms. The molecular weight excluding hydrogens is 386 g/mol. The Bertz CT molecular complexity index is 857. The van der Waals surface area contributed by atoms with E-state index < -0.39 is 5.91 Å². The van der Waals surface area contributed by atoms with Crippen LogP contribution in [-0.4, -0.2) is 72.5 Å². The molecule has 0 unspecified atom stereocenters. The van der Waals surface area contributed by atoms with E-state index in [2.05, 4.69) is 30.6 Å². The van der Waals surface area contributed by atoms with Gasteiger partial charge in [-0.1, -0.05) is 17.3 Å². The number of nitrogens with zero attached hydrogens (tertiary/aromatic N) is 4. The number of nitrogens with one attached hydrogen (secondary N) is 2. The van der Waals surface area contributed by atoms with E-state index in [0.717, 1.165) is 49.9 Å². The summed E-state index contributed by atoms with van der Waals surface area (Å²) in [7, 11) is 1.77. The van der Waals surface area contributed by atoms with Crippen LogP contribution in [0.4, 0.5) is 0 Å². The summed E-state index contributed by atoms with van der Waals surface area (Å²) in [6.45, 7) is 4.79. The number of primary amides is 1. The van der Waals surface area contributed by atoms with Crippen LogP contribution in [0.1, 0.15) is 21.6 Å². The highest BCUT2D eigenvalue weighted by Crippen LogP contribution is 2.08. The number of hydrogen-bond donors (Lipinski definition) is 3. The quantitative estimate of drug-likeness (QED) is 0.423. The van der Waals surface area contributed by atoms with Crippen molar-refractivity contribution in [3.63, 3.8) is 0 Å². The molecule has 30 heavy (non-hydrogen) atoms. The molecule has 1 aliphatic heterocycles. The maximum atomic E-state index is 11.9. The molecule has 1 fully saturated rings. The fourth-order valence-corrected chi connectivity index (χ4v) is 3.22. The number of amides is 2. The number of carbonyl (C=O) groups excluding carboxylic acids is 2. The third-order valence-electron chi connectivity index (χ3n) is 4.85. The van der Waals surface area contributed by atoms with Crippen LogP contribution in [0.3, 0.4) is 0 Å². The monoisotopic (exact) mass is 413 g/mol. The third-order valence-corrected chi connectivity index (χ3v) is 4.85. The predicted octanol–water partition coefficient (Wildman–Crippen LogP) is -0.217. The van der Waals surface area contributed by atoms with Crippen LogP contribution in [0.25, 0.3) is 0 Å². The molecule has 0 saturated carbocycles. The molecule has 3 rings (SSSR count). The van der Waals surface area contributed by atoms with Gasteiger partial charge in [-0.05, 0) is 17.7 Å². The number of piperazine rings is 1. The molecular formula is C20H27N7O3. The lowest BCUT2D eigenvalue weighted by molar-refractivity contribution is -0.117. The number of aliphatic imine (C=N–C) groups is 1. The first-order chi connectivity index (χ1) is 14.5. The zero-order chi connectivity index (χ0) is 21.3. The average molecular weight is 413 g/mol. The van der Waals surface area contributed by atoms with Gasteiger partial charge in [-0.3, -0.25) is 19.5 Å². The topological polar surface area (TPSA) is 129 Å². The van der Waals surface area contributed by atoms with E-state index in [4.69, 9.17) is 10.3 Å². The zero-order valence-electron chi connectivity index (χ0n) is 17.0. The van der Waals surface area contributed by atoms with Crippen molar-refractivity contribution in [1.29, 1.82) is 0 Å². The molecule has 10 nitrogen and oxygen atoms in total. The predicted molar refractivity (Wildman–Crippen MR) is 112 cm³/mol. The Balaban J connectivity index is 1.45. The minimum absolute atomic E-state index is 0.176. The molecule has 10 heteroatoms. The minimum atomic E-state index is -0.575. The second-order valence-electron chi connectivity index (χ2n) is 7.00. The van der Waals surface area contributed by atoms with Gasteiger partial charge in [-0.15, -0.1) is 0 Å². The Morgan fingerprint density at radius 1 is 1.13 bits per heavy atom. The second kappa shape index (κ2) is 10.4. The molecule has 1 aromatic heterocycles. The number of guanidine groups is 1. The number of carbonyl (C=O) groups is 2. The molecule has 1 aliphatic rings. The van der Waals surface area contributed by atoms with Crippen molar-refractivity contribution in [2.75, 3.05) is 39.8 Å². The van der Waals surface area contributed by atoms with Gasteiger partial charge >= 0.3 is 0 Å². The van der Waals surface area contributed by atoms with E-state index >= 15 is 0 Å². The third kappa shape index (κ3) is 6.05. The molecule has 0 spiro atoms. The van der Waals surface area contributed by atoms with Crippen molar-refractivity contribution in [3.8, 4) is 0 Å². The minimum Gasteiger partial charge on any atom is -0.368 e. The first-order valence-corrected chi connectivity index (χ1v) is 9.78. The van der Waals surface area contributed by atoms with Gasteiger partial charge < -0.3 is 25.8 Å². The molecule has 1 saturated heterocycles. The Hall–Kier alpha value is -3.40. The molecule has 0 atom stereocenters. The summed E-state index contributed by atoms with van der Waals surface area (Å²) in [5.74, 6) is -0.0542. The molecule has 2 amide bonds. The zero-order valence-corrected chi connectivity index (χ0v) is 17.0. The summed E-state index contributed by atoms with van der Waals surface area (Å²) in [6, 6.07) is 9.07. The van der Waals surface area contributed by atoms with Crippen LogP contribution in [-0.2, 0) is 17.9 Å².